The van der Waals surface area contributed by atoms with Gasteiger partial charge in [-0.15, -0.1) is 10.2 Å². The largest absolute Gasteiger partial charge is 0.454 e. The normalized spacial score (nSPS) is 12.9. The molecule has 0 saturated carbocycles. The van der Waals surface area contributed by atoms with E-state index in [-0.39, 0.29) is 6.79 Å². The number of nitrogens with zero attached hydrogens (tertiary/aromatic N) is 4. The second-order valence-electron chi connectivity index (χ2n) is 5.16. The summed E-state index contributed by atoms with van der Waals surface area (Å²) < 4.78 is 12.4. The second-order valence-corrected chi connectivity index (χ2v) is 6.34. The Morgan fingerprint density at radius 1 is 1.16 bits per heavy atom. The lowest BCUT2D eigenvalue weighted by Gasteiger charge is -2.04. The fourth-order valence-corrected chi connectivity index (χ4v) is 3.05. The van der Waals surface area contributed by atoms with Crippen molar-refractivity contribution in [1.82, 2.24) is 14.9 Å². The molecule has 0 aliphatic carbocycles. The van der Waals surface area contributed by atoms with Gasteiger partial charge in [0.15, 0.2) is 17.3 Å². The molecule has 4 rings (SSSR count). The van der Waals surface area contributed by atoms with Crippen LogP contribution in [-0.4, -0.2) is 34.1 Å². The first-order valence-corrected chi connectivity index (χ1v) is 9.05. The summed E-state index contributed by atoms with van der Waals surface area (Å²) in [6.45, 7) is 0.201. The minimum Gasteiger partial charge on any atom is -0.454 e. The van der Waals surface area contributed by atoms with Gasteiger partial charge in [0.1, 0.15) is 0 Å². The molecule has 1 aliphatic heterocycles. The summed E-state index contributed by atoms with van der Waals surface area (Å²) in [6, 6.07) is 13.3. The van der Waals surface area contributed by atoms with Crippen LogP contribution in [0.3, 0.4) is 0 Å². The smallest absolute Gasteiger partial charge is 0.231 e. The van der Waals surface area contributed by atoms with E-state index in [1.807, 2.05) is 36.6 Å². The lowest BCUT2D eigenvalue weighted by atomic mass is 10.2. The van der Waals surface area contributed by atoms with E-state index in [4.69, 9.17) is 21.1 Å². The van der Waals surface area contributed by atoms with Gasteiger partial charge in [0.25, 0.3) is 0 Å². The third-order valence-corrected chi connectivity index (χ3v) is 4.58. The average Bonchev–Trinajstić information content (AvgIpc) is 3.26. The number of ether oxygens (including phenoxy) is 2. The highest BCUT2D eigenvalue weighted by Crippen LogP contribution is 2.36. The number of fused-ring (bicyclic) bond motifs is 1. The van der Waals surface area contributed by atoms with Crippen LogP contribution in [-0.2, 0) is 0 Å². The standard InChI is InChI=1S/C17H13ClN4O2S/c1-25-17-21-20-16(11-5-3-2-4-6-11)22(17)19-9-12-7-14-15(8-13(12)18)24-10-23-14/h2-9H,10H2,1H3. The first-order valence-electron chi connectivity index (χ1n) is 7.44. The van der Waals surface area contributed by atoms with Crippen molar-refractivity contribution >= 4 is 29.6 Å². The van der Waals surface area contributed by atoms with Crippen LogP contribution < -0.4 is 9.47 Å². The van der Waals surface area contributed by atoms with Gasteiger partial charge in [0.05, 0.1) is 11.2 Å². The fraction of sp³-hybridized carbons (Fsp3) is 0.118. The van der Waals surface area contributed by atoms with Crippen LogP contribution in [0.25, 0.3) is 11.4 Å². The van der Waals surface area contributed by atoms with Gasteiger partial charge in [-0.3, -0.25) is 0 Å². The zero-order valence-corrected chi connectivity index (χ0v) is 14.8. The molecule has 0 radical (unpaired) electrons. The molecule has 0 bridgehead atoms. The Morgan fingerprint density at radius 3 is 2.68 bits per heavy atom. The third-order valence-electron chi connectivity index (χ3n) is 3.63. The number of rotatable bonds is 4. The number of halogens is 1. The number of hydrogen-bond donors (Lipinski definition) is 0. The molecule has 0 amide bonds. The summed E-state index contributed by atoms with van der Waals surface area (Å²) in [5, 5.41) is 14.2. The molecule has 25 heavy (non-hydrogen) atoms. The lowest BCUT2D eigenvalue weighted by Crippen LogP contribution is -1.97. The van der Waals surface area contributed by atoms with Gasteiger partial charge < -0.3 is 9.47 Å². The zero-order chi connectivity index (χ0) is 17.2. The quantitative estimate of drug-likeness (QED) is 0.513. The maximum atomic E-state index is 6.31. The van der Waals surface area contributed by atoms with Crippen LogP contribution in [0.1, 0.15) is 5.56 Å². The van der Waals surface area contributed by atoms with E-state index in [0.717, 1.165) is 11.1 Å². The van der Waals surface area contributed by atoms with Gasteiger partial charge in [0.2, 0.25) is 11.9 Å². The van der Waals surface area contributed by atoms with Crippen LogP contribution in [0.2, 0.25) is 5.02 Å². The van der Waals surface area contributed by atoms with Crippen molar-refractivity contribution in [2.75, 3.05) is 13.0 Å². The predicted octanol–water partition coefficient (Wildman–Crippen LogP) is 3.93. The van der Waals surface area contributed by atoms with Gasteiger partial charge in [-0.25, -0.2) is 0 Å². The highest BCUT2D eigenvalue weighted by molar-refractivity contribution is 7.98. The molecule has 0 fully saturated rings. The lowest BCUT2D eigenvalue weighted by molar-refractivity contribution is 0.174. The number of thioether (sulfide) groups is 1. The van der Waals surface area contributed by atoms with Crippen LogP contribution in [0.5, 0.6) is 11.5 Å². The molecule has 0 spiro atoms. The third kappa shape index (κ3) is 3.08. The monoisotopic (exact) mass is 372 g/mol. The Morgan fingerprint density at radius 2 is 1.92 bits per heavy atom. The minimum atomic E-state index is 0.201. The molecule has 0 atom stereocenters. The zero-order valence-electron chi connectivity index (χ0n) is 13.2. The molecule has 0 N–H and O–H groups in total. The predicted molar refractivity (Wildman–Crippen MR) is 97.8 cm³/mol. The highest BCUT2D eigenvalue weighted by atomic mass is 35.5. The Labute approximate surface area is 153 Å². The van der Waals surface area contributed by atoms with Crippen molar-refractivity contribution in [1.29, 1.82) is 0 Å². The number of aromatic nitrogens is 3. The number of hydrogen-bond acceptors (Lipinski definition) is 6. The van der Waals surface area contributed by atoms with Crippen molar-refractivity contribution in [2.24, 2.45) is 5.10 Å². The van der Waals surface area contributed by atoms with Gasteiger partial charge >= 0.3 is 0 Å². The average molecular weight is 373 g/mol. The van der Waals surface area contributed by atoms with E-state index >= 15 is 0 Å². The van der Waals surface area contributed by atoms with Crippen LogP contribution in [0.15, 0.2) is 52.7 Å². The molecule has 0 unspecified atom stereocenters. The summed E-state index contributed by atoms with van der Waals surface area (Å²) in [5.41, 5.74) is 1.66. The maximum absolute atomic E-state index is 6.31. The SMILES string of the molecule is CSc1nnc(-c2ccccc2)n1N=Cc1cc2c(cc1Cl)OCO2. The Hall–Kier alpha value is -2.51. The fourth-order valence-electron chi connectivity index (χ4n) is 2.42. The maximum Gasteiger partial charge on any atom is 0.231 e. The molecule has 1 aromatic heterocycles. The van der Waals surface area contributed by atoms with E-state index in [0.29, 0.717) is 27.5 Å². The van der Waals surface area contributed by atoms with Crippen molar-refractivity contribution < 1.29 is 9.47 Å². The first kappa shape index (κ1) is 16.0. The van der Waals surface area contributed by atoms with Crippen LogP contribution >= 0.6 is 23.4 Å². The van der Waals surface area contributed by atoms with Crippen LogP contribution in [0.4, 0.5) is 0 Å². The van der Waals surface area contributed by atoms with E-state index in [9.17, 15) is 0 Å². The molecule has 3 aromatic rings. The molecule has 2 heterocycles. The summed E-state index contributed by atoms with van der Waals surface area (Å²) in [5.74, 6) is 1.96. The van der Waals surface area contributed by atoms with Crippen molar-refractivity contribution in [3.8, 4) is 22.9 Å². The summed E-state index contributed by atoms with van der Waals surface area (Å²) in [6.07, 6.45) is 3.60. The van der Waals surface area contributed by atoms with E-state index in [1.54, 1.807) is 23.0 Å². The molecule has 126 valence electrons. The van der Waals surface area contributed by atoms with Crippen molar-refractivity contribution in [2.45, 2.75) is 5.16 Å². The summed E-state index contributed by atoms with van der Waals surface area (Å²) in [4.78, 5) is 0. The number of benzene rings is 2. The summed E-state index contributed by atoms with van der Waals surface area (Å²) in [7, 11) is 0. The van der Waals surface area contributed by atoms with Crippen LogP contribution in [0, 0.1) is 0 Å². The second kappa shape index (κ2) is 6.78. The highest BCUT2D eigenvalue weighted by Gasteiger charge is 2.16. The first-order chi connectivity index (χ1) is 12.3. The van der Waals surface area contributed by atoms with Gasteiger partial charge in [-0.05, 0) is 12.3 Å². The van der Waals surface area contributed by atoms with Crippen molar-refractivity contribution in [3.05, 3.63) is 53.1 Å². The minimum absolute atomic E-state index is 0.201. The molecule has 0 saturated heterocycles. The topological polar surface area (TPSA) is 61.5 Å². The van der Waals surface area contributed by atoms with Gasteiger partial charge in [0, 0.05) is 17.2 Å². The van der Waals surface area contributed by atoms with E-state index in [2.05, 4.69) is 15.3 Å². The summed E-state index contributed by atoms with van der Waals surface area (Å²) >= 11 is 7.77. The molecule has 2 aromatic carbocycles. The molecular weight excluding hydrogens is 360 g/mol. The molecule has 6 nitrogen and oxygen atoms in total. The van der Waals surface area contributed by atoms with E-state index < -0.39 is 0 Å². The Bertz CT molecular complexity index is 943. The molecule has 8 heteroatoms. The van der Waals surface area contributed by atoms with Crippen molar-refractivity contribution in [3.63, 3.8) is 0 Å². The molecular formula is C17H13ClN4O2S. The Kier molecular flexibility index (Phi) is 4.33. The van der Waals surface area contributed by atoms with Gasteiger partial charge in [-0.1, -0.05) is 53.7 Å². The molecule has 1 aliphatic rings. The Balaban J connectivity index is 1.74. The van der Waals surface area contributed by atoms with Gasteiger partial charge in [-0.2, -0.15) is 9.78 Å². The van der Waals surface area contributed by atoms with E-state index in [1.165, 1.54) is 11.8 Å².